The fourth-order valence-corrected chi connectivity index (χ4v) is 4.43. The maximum absolute atomic E-state index is 13.0. The van der Waals surface area contributed by atoms with Gasteiger partial charge in [0.25, 0.3) is 0 Å². The molecule has 0 saturated heterocycles. The second-order valence-electron chi connectivity index (χ2n) is 8.11. The molecule has 29 heavy (non-hydrogen) atoms. The van der Waals surface area contributed by atoms with Crippen molar-refractivity contribution < 1.29 is 13.2 Å². The van der Waals surface area contributed by atoms with Gasteiger partial charge in [-0.1, -0.05) is 69.3 Å². The first-order valence-corrected chi connectivity index (χ1v) is 10.9. The lowest BCUT2D eigenvalue weighted by molar-refractivity contribution is -0.114. The van der Waals surface area contributed by atoms with Crippen LogP contribution in [0.4, 0.5) is 5.69 Å². The number of hydrogen-bond donors (Lipinski definition) is 2. The van der Waals surface area contributed by atoms with Crippen LogP contribution in [0.2, 0.25) is 0 Å². The molecule has 3 aromatic carbocycles. The number of hydrogen-bond acceptors (Lipinski definition) is 3. The van der Waals surface area contributed by atoms with Gasteiger partial charge in [-0.25, -0.2) is 13.1 Å². The van der Waals surface area contributed by atoms with E-state index < -0.39 is 10.0 Å². The molecule has 0 spiro atoms. The van der Waals surface area contributed by atoms with Crippen LogP contribution in [0, 0.1) is 0 Å². The van der Waals surface area contributed by atoms with Crippen LogP contribution in [0.25, 0.3) is 10.8 Å². The summed E-state index contributed by atoms with van der Waals surface area (Å²) in [6, 6.07) is 18.2. The molecule has 0 fully saturated rings. The maximum Gasteiger partial charge on any atom is 0.241 e. The van der Waals surface area contributed by atoms with Gasteiger partial charge in [-0.05, 0) is 28.7 Å². The first-order valence-electron chi connectivity index (χ1n) is 9.46. The molecule has 3 rings (SSSR count). The fourth-order valence-electron chi connectivity index (χ4n) is 3.19. The van der Waals surface area contributed by atoms with Crippen LogP contribution in [0.3, 0.4) is 0 Å². The lowest BCUT2D eigenvalue weighted by Gasteiger charge is -2.19. The SMILES string of the molecule is CC(=O)Nc1cccc2c(S(=O)(=O)NCc3ccc(C(C)(C)C)cc3)cccc12. The Morgan fingerprint density at radius 3 is 2.14 bits per heavy atom. The van der Waals surface area contributed by atoms with Crippen LogP contribution in [-0.4, -0.2) is 14.3 Å². The molecule has 0 bridgehead atoms. The Bertz CT molecular complexity index is 1140. The van der Waals surface area contributed by atoms with Gasteiger partial charge < -0.3 is 5.32 Å². The lowest BCUT2D eigenvalue weighted by atomic mass is 9.87. The van der Waals surface area contributed by atoms with Gasteiger partial charge in [0.05, 0.1) is 4.90 Å². The minimum absolute atomic E-state index is 0.0482. The molecule has 0 heterocycles. The molecule has 6 heteroatoms. The van der Waals surface area contributed by atoms with Crippen LogP contribution in [0.1, 0.15) is 38.8 Å². The number of sulfonamides is 1. The molecule has 0 saturated carbocycles. The summed E-state index contributed by atoms with van der Waals surface area (Å²) in [5, 5.41) is 3.99. The fraction of sp³-hybridized carbons (Fsp3) is 0.261. The molecule has 5 nitrogen and oxygen atoms in total. The van der Waals surface area contributed by atoms with Crippen LogP contribution in [-0.2, 0) is 26.8 Å². The quantitative estimate of drug-likeness (QED) is 0.647. The molecule has 1 amide bonds. The standard InChI is InChI=1S/C23H26N2O3S/c1-16(26)25-21-9-5-8-20-19(21)7-6-10-22(20)29(27,28)24-15-17-11-13-18(14-12-17)23(2,3)4/h5-14,24H,15H2,1-4H3,(H,25,26). The monoisotopic (exact) mass is 410 g/mol. The van der Waals surface area contributed by atoms with Gasteiger partial charge in [-0.2, -0.15) is 0 Å². The number of carbonyl (C=O) groups is 1. The van der Waals surface area contributed by atoms with Crippen molar-refractivity contribution in [1.82, 2.24) is 4.72 Å². The van der Waals surface area contributed by atoms with E-state index in [1.165, 1.54) is 12.5 Å². The molecule has 0 unspecified atom stereocenters. The smallest absolute Gasteiger partial charge is 0.241 e. The van der Waals surface area contributed by atoms with Gasteiger partial charge in [-0.15, -0.1) is 0 Å². The second-order valence-corrected chi connectivity index (χ2v) is 9.84. The first-order chi connectivity index (χ1) is 13.6. The third kappa shape index (κ3) is 4.83. The molecule has 0 radical (unpaired) electrons. The van der Waals surface area contributed by atoms with Gasteiger partial charge in [-0.3, -0.25) is 4.79 Å². The Kier molecular flexibility index (Phi) is 5.78. The number of nitrogens with one attached hydrogen (secondary N) is 2. The highest BCUT2D eigenvalue weighted by molar-refractivity contribution is 7.89. The van der Waals surface area contributed by atoms with Crippen molar-refractivity contribution >= 4 is 32.4 Å². The number of rotatable bonds is 5. The minimum Gasteiger partial charge on any atom is -0.326 e. The van der Waals surface area contributed by atoms with Crippen LogP contribution < -0.4 is 10.0 Å². The molecule has 2 N–H and O–H groups in total. The average Bonchev–Trinajstić information content (AvgIpc) is 2.65. The van der Waals surface area contributed by atoms with E-state index in [2.05, 4.69) is 30.8 Å². The largest absolute Gasteiger partial charge is 0.326 e. The van der Waals surface area contributed by atoms with Crippen LogP contribution in [0.5, 0.6) is 0 Å². The minimum atomic E-state index is -3.73. The summed E-state index contributed by atoms with van der Waals surface area (Å²) in [6.07, 6.45) is 0. The zero-order chi connectivity index (χ0) is 21.2. The summed E-state index contributed by atoms with van der Waals surface area (Å²) in [6.45, 7) is 8.04. The van der Waals surface area contributed by atoms with E-state index >= 15 is 0 Å². The summed E-state index contributed by atoms with van der Waals surface area (Å²) in [5.41, 5.74) is 2.72. The maximum atomic E-state index is 13.0. The molecule has 0 aliphatic heterocycles. The van der Waals surface area contributed by atoms with E-state index in [1.807, 2.05) is 24.3 Å². The van der Waals surface area contributed by atoms with E-state index in [1.54, 1.807) is 36.4 Å². The predicted octanol–water partition coefficient (Wildman–Crippen LogP) is 4.57. The van der Waals surface area contributed by atoms with Gasteiger partial charge in [0, 0.05) is 29.9 Å². The Morgan fingerprint density at radius 2 is 1.52 bits per heavy atom. The highest BCUT2D eigenvalue weighted by atomic mass is 32.2. The first kappa shape index (κ1) is 21.0. The average molecular weight is 411 g/mol. The van der Waals surface area contributed by atoms with Crippen molar-refractivity contribution in [2.75, 3.05) is 5.32 Å². The lowest BCUT2D eigenvalue weighted by Crippen LogP contribution is -2.23. The van der Waals surface area contributed by atoms with Crippen molar-refractivity contribution in [2.45, 2.75) is 44.6 Å². The summed E-state index contributed by atoms with van der Waals surface area (Å²) >= 11 is 0. The molecule has 0 aliphatic rings. The summed E-state index contributed by atoms with van der Waals surface area (Å²) in [5.74, 6) is -0.206. The zero-order valence-corrected chi connectivity index (χ0v) is 17.9. The van der Waals surface area contributed by atoms with Crippen LogP contribution in [0.15, 0.2) is 65.6 Å². The summed E-state index contributed by atoms with van der Waals surface area (Å²) in [7, 11) is -3.73. The van der Waals surface area contributed by atoms with E-state index in [0.29, 0.717) is 16.5 Å². The Labute approximate surface area is 172 Å². The molecule has 152 valence electrons. The van der Waals surface area contributed by atoms with Crippen molar-refractivity contribution in [3.63, 3.8) is 0 Å². The second kappa shape index (κ2) is 7.97. The van der Waals surface area contributed by atoms with E-state index in [0.717, 1.165) is 5.56 Å². The third-order valence-electron chi connectivity index (χ3n) is 4.77. The van der Waals surface area contributed by atoms with Gasteiger partial charge in [0.2, 0.25) is 15.9 Å². The Hall–Kier alpha value is -2.70. The van der Waals surface area contributed by atoms with Crippen molar-refractivity contribution in [3.8, 4) is 0 Å². The summed E-state index contributed by atoms with van der Waals surface area (Å²) in [4.78, 5) is 11.6. The van der Waals surface area contributed by atoms with Crippen molar-refractivity contribution in [2.24, 2.45) is 0 Å². The van der Waals surface area contributed by atoms with Gasteiger partial charge >= 0.3 is 0 Å². The van der Waals surface area contributed by atoms with Crippen molar-refractivity contribution in [1.29, 1.82) is 0 Å². The molecule has 0 aliphatic carbocycles. The normalized spacial score (nSPS) is 12.1. The molecular formula is C23H26N2O3S. The number of amides is 1. The topological polar surface area (TPSA) is 75.3 Å². The highest BCUT2D eigenvalue weighted by Gasteiger charge is 2.18. The number of benzene rings is 3. The Balaban J connectivity index is 1.88. The van der Waals surface area contributed by atoms with E-state index in [-0.39, 0.29) is 22.8 Å². The number of fused-ring (bicyclic) bond motifs is 1. The van der Waals surface area contributed by atoms with Gasteiger partial charge in [0.1, 0.15) is 0 Å². The number of carbonyl (C=O) groups excluding carboxylic acids is 1. The molecule has 0 atom stereocenters. The van der Waals surface area contributed by atoms with E-state index in [4.69, 9.17) is 0 Å². The van der Waals surface area contributed by atoms with Crippen molar-refractivity contribution in [3.05, 3.63) is 71.8 Å². The highest BCUT2D eigenvalue weighted by Crippen LogP contribution is 2.29. The molecule has 0 aromatic heterocycles. The molecule has 3 aromatic rings. The summed E-state index contributed by atoms with van der Waals surface area (Å²) < 4.78 is 28.6. The van der Waals surface area contributed by atoms with E-state index in [9.17, 15) is 13.2 Å². The third-order valence-corrected chi connectivity index (χ3v) is 6.23. The number of anilines is 1. The predicted molar refractivity (Wildman–Crippen MR) is 117 cm³/mol. The zero-order valence-electron chi connectivity index (χ0n) is 17.1. The molecular weight excluding hydrogens is 384 g/mol. The Morgan fingerprint density at radius 1 is 0.897 bits per heavy atom. The van der Waals surface area contributed by atoms with Crippen LogP contribution >= 0.6 is 0 Å². The van der Waals surface area contributed by atoms with Gasteiger partial charge in [0.15, 0.2) is 0 Å².